The van der Waals surface area contributed by atoms with Gasteiger partial charge in [-0.2, -0.15) is 4.80 Å². The van der Waals surface area contributed by atoms with E-state index in [2.05, 4.69) is 32.6 Å². The lowest BCUT2D eigenvalue weighted by molar-refractivity contribution is 0.158. The highest BCUT2D eigenvalue weighted by molar-refractivity contribution is 4.83. The molecule has 0 unspecified atom stereocenters. The molecule has 1 aliphatic heterocycles. The molecule has 2 heterocycles. The largest absolute Gasteiger partial charge is 0.317 e. The van der Waals surface area contributed by atoms with E-state index in [0.717, 1.165) is 38.5 Å². The van der Waals surface area contributed by atoms with E-state index in [-0.39, 0.29) is 0 Å². The monoisotopic (exact) mass is 238 g/mol. The summed E-state index contributed by atoms with van der Waals surface area (Å²) >= 11 is 0. The zero-order valence-corrected chi connectivity index (χ0v) is 10.8. The molecular weight excluding hydrogens is 216 g/mol. The summed E-state index contributed by atoms with van der Waals surface area (Å²) in [5.41, 5.74) is 0. The molecule has 6 nitrogen and oxygen atoms in total. The molecule has 0 saturated carbocycles. The van der Waals surface area contributed by atoms with E-state index in [1.54, 1.807) is 4.80 Å². The molecule has 17 heavy (non-hydrogen) atoms. The Morgan fingerprint density at radius 1 is 1.35 bits per heavy atom. The summed E-state index contributed by atoms with van der Waals surface area (Å²) in [6.45, 7) is 9.12. The van der Waals surface area contributed by atoms with Crippen molar-refractivity contribution in [2.45, 2.75) is 45.8 Å². The van der Waals surface area contributed by atoms with E-state index >= 15 is 0 Å². The van der Waals surface area contributed by atoms with Crippen LogP contribution in [-0.4, -0.2) is 50.8 Å². The molecule has 0 atom stereocenters. The summed E-state index contributed by atoms with van der Waals surface area (Å²) in [6.07, 6.45) is 2.44. The number of piperidine rings is 1. The number of aryl methyl sites for hydroxylation is 1. The highest BCUT2D eigenvalue weighted by Crippen LogP contribution is 2.13. The Morgan fingerprint density at radius 2 is 2.12 bits per heavy atom. The van der Waals surface area contributed by atoms with Crippen molar-refractivity contribution in [2.24, 2.45) is 0 Å². The predicted molar refractivity (Wildman–Crippen MR) is 65.5 cm³/mol. The summed E-state index contributed by atoms with van der Waals surface area (Å²) in [4.78, 5) is 4.10. The van der Waals surface area contributed by atoms with Gasteiger partial charge < -0.3 is 5.32 Å². The van der Waals surface area contributed by atoms with Crippen molar-refractivity contribution in [3.63, 3.8) is 0 Å². The van der Waals surface area contributed by atoms with Crippen LogP contribution in [0.1, 0.15) is 32.5 Å². The molecule has 0 spiro atoms. The fourth-order valence-electron chi connectivity index (χ4n) is 2.33. The zero-order valence-electron chi connectivity index (χ0n) is 10.8. The van der Waals surface area contributed by atoms with Crippen LogP contribution in [0.2, 0.25) is 0 Å². The first kappa shape index (κ1) is 12.4. The van der Waals surface area contributed by atoms with Crippen molar-refractivity contribution in [3.8, 4) is 0 Å². The third kappa shape index (κ3) is 3.23. The Morgan fingerprint density at radius 3 is 2.71 bits per heavy atom. The Balaban J connectivity index is 1.93. The molecule has 0 aromatic carbocycles. The first-order chi connectivity index (χ1) is 8.33. The van der Waals surface area contributed by atoms with Gasteiger partial charge in [0.15, 0.2) is 5.82 Å². The quantitative estimate of drug-likeness (QED) is 0.798. The third-order valence-electron chi connectivity index (χ3n) is 3.35. The molecule has 1 saturated heterocycles. The number of nitrogens with zero attached hydrogens (tertiary/aromatic N) is 5. The molecule has 0 radical (unpaired) electrons. The second kappa shape index (κ2) is 6.07. The van der Waals surface area contributed by atoms with Crippen LogP contribution in [-0.2, 0) is 13.1 Å². The maximum Gasteiger partial charge on any atom is 0.188 e. The maximum atomic E-state index is 4.35. The molecule has 0 amide bonds. The molecule has 1 aromatic rings. The van der Waals surface area contributed by atoms with Crippen molar-refractivity contribution >= 4 is 0 Å². The van der Waals surface area contributed by atoms with Crippen LogP contribution in [0.3, 0.4) is 0 Å². The molecular formula is C11H22N6. The summed E-state index contributed by atoms with van der Waals surface area (Å²) in [7, 11) is 0. The van der Waals surface area contributed by atoms with E-state index < -0.39 is 0 Å². The fourth-order valence-corrected chi connectivity index (χ4v) is 2.33. The van der Waals surface area contributed by atoms with Gasteiger partial charge in [-0.05, 0) is 44.6 Å². The van der Waals surface area contributed by atoms with Gasteiger partial charge in [0, 0.05) is 6.04 Å². The Kier molecular flexibility index (Phi) is 4.44. The van der Waals surface area contributed by atoms with Crippen molar-refractivity contribution in [3.05, 3.63) is 5.82 Å². The van der Waals surface area contributed by atoms with E-state index in [9.17, 15) is 0 Å². The Bertz CT molecular complexity index is 330. The predicted octanol–water partition coefficient (Wildman–Crippen LogP) is 0.267. The van der Waals surface area contributed by atoms with Crippen LogP contribution in [0.4, 0.5) is 0 Å². The van der Waals surface area contributed by atoms with E-state index in [1.807, 2.05) is 6.92 Å². The van der Waals surface area contributed by atoms with Gasteiger partial charge in [-0.25, -0.2) is 0 Å². The first-order valence-electron chi connectivity index (χ1n) is 6.55. The molecule has 1 aromatic heterocycles. The van der Waals surface area contributed by atoms with Gasteiger partial charge in [0.25, 0.3) is 0 Å². The van der Waals surface area contributed by atoms with Gasteiger partial charge in [-0.3, -0.25) is 4.90 Å². The molecule has 0 bridgehead atoms. The normalized spacial score (nSPS) is 17.8. The minimum atomic E-state index is 0.662. The lowest BCUT2D eigenvalue weighted by atomic mass is 10.0. The second-order valence-electron chi connectivity index (χ2n) is 4.44. The summed E-state index contributed by atoms with van der Waals surface area (Å²) in [5.74, 6) is 0.840. The topological polar surface area (TPSA) is 58.9 Å². The van der Waals surface area contributed by atoms with Gasteiger partial charge in [-0.15, -0.1) is 10.2 Å². The lowest BCUT2D eigenvalue weighted by Gasteiger charge is -2.32. The van der Waals surface area contributed by atoms with Crippen LogP contribution >= 0.6 is 0 Å². The molecule has 0 aliphatic carbocycles. The smallest absolute Gasteiger partial charge is 0.188 e. The molecule has 1 aliphatic rings. The van der Waals surface area contributed by atoms with Gasteiger partial charge in [0.1, 0.15) is 0 Å². The number of rotatable bonds is 5. The first-order valence-corrected chi connectivity index (χ1v) is 6.55. The Hall–Kier alpha value is -1.01. The van der Waals surface area contributed by atoms with Gasteiger partial charge in [-0.1, -0.05) is 6.92 Å². The lowest BCUT2D eigenvalue weighted by Crippen LogP contribution is -2.42. The van der Waals surface area contributed by atoms with E-state index in [0.29, 0.717) is 6.04 Å². The van der Waals surface area contributed by atoms with Crippen LogP contribution in [0.5, 0.6) is 0 Å². The van der Waals surface area contributed by atoms with Crippen LogP contribution in [0.15, 0.2) is 0 Å². The maximum absolute atomic E-state index is 4.35. The van der Waals surface area contributed by atoms with Crippen LogP contribution < -0.4 is 5.32 Å². The number of hydrogen-bond donors (Lipinski definition) is 1. The van der Waals surface area contributed by atoms with E-state index in [4.69, 9.17) is 0 Å². The second-order valence-corrected chi connectivity index (χ2v) is 4.44. The average molecular weight is 238 g/mol. The highest BCUT2D eigenvalue weighted by Gasteiger charge is 2.20. The minimum absolute atomic E-state index is 0.662. The number of aromatic nitrogens is 4. The number of hydrogen-bond acceptors (Lipinski definition) is 5. The standard InChI is InChI=1S/C11H22N6/c1-3-16(10-5-7-12-8-6-10)9-11-13-15-17(4-2)14-11/h10,12H,3-9H2,1-2H3. The van der Waals surface area contributed by atoms with Crippen LogP contribution in [0, 0.1) is 0 Å². The minimum Gasteiger partial charge on any atom is -0.317 e. The Labute approximate surface area is 102 Å². The number of nitrogens with one attached hydrogen (secondary N) is 1. The molecule has 6 heteroatoms. The van der Waals surface area contributed by atoms with Crippen molar-refractivity contribution in [1.82, 2.24) is 30.4 Å². The average Bonchev–Trinajstić information content (AvgIpc) is 2.84. The highest BCUT2D eigenvalue weighted by atomic mass is 15.6. The molecule has 1 fully saturated rings. The van der Waals surface area contributed by atoms with Crippen molar-refractivity contribution in [2.75, 3.05) is 19.6 Å². The summed E-state index contributed by atoms with van der Waals surface area (Å²) in [5, 5.41) is 15.8. The fraction of sp³-hybridized carbons (Fsp3) is 0.909. The molecule has 96 valence electrons. The third-order valence-corrected chi connectivity index (χ3v) is 3.35. The SMILES string of the molecule is CCN(Cc1nnn(CC)n1)C1CCNCC1. The van der Waals surface area contributed by atoms with Crippen molar-refractivity contribution < 1.29 is 0 Å². The number of tetrazole rings is 1. The molecule has 2 rings (SSSR count). The molecule has 1 N–H and O–H groups in total. The van der Waals surface area contributed by atoms with Gasteiger partial charge in [0.05, 0.1) is 13.1 Å². The summed E-state index contributed by atoms with van der Waals surface area (Å²) in [6, 6.07) is 0.662. The van der Waals surface area contributed by atoms with Gasteiger partial charge >= 0.3 is 0 Å². The van der Waals surface area contributed by atoms with E-state index in [1.165, 1.54) is 12.8 Å². The zero-order chi connectivity index (χ0) is 12.1. The van der Waals surface area contributed by atoms with Gasteiger partial charge in [0.2, 0.25) is 0 Å². The summed E-state index contributed by atoms with van der Waals surface area (Å²) < 4.78 is 0. The van der Waals surface area contributed by atoms with Crippen molar-refractivity contribution in [1.29, 1.82) is 0 Å². The van der Waals surface area contributed by atoms with Crippen LogP contribution in [0.25, 0.3) is 0 Å².